The van der Waals surface area contributed by atoms with E-state index in [4.69, 9.17) is 9.47 Å². The fraction of sp³-hybridized carbons (Fsp3) is 0.538. The highest BCUT2D eigenvalue weighted by molar-refractivity contribution is 5.95. The van der Waals surface area contributed by atoms with Crippen LogP contribution in [0.15, 0.2) is 24.3 Å². The summed E-state index contributed by atoms with van der Waals surface area (Å²) in [6, 6.07) is 6.41. The molecule has 0 heterocycles. The fourth-order valence-corrected chi connectivity index (χ4v) is 2.73. The summed E-state index contributed by atoms with van der Waals surface area (Å²) < 4.78 is 11.2. The number of ether oxygens (including phenoxy) is 2. The molecule has 4 nitrogen and oxygen atoms in total. The van der Waals surface area contributed by atoms with Crippen molar-refractivity contribution in [2.75, 3.05) is 0 Å². The van der Waals surface area contributed by atoms with Crippen molar-refractivity contribution in [2.24, 2.45) is 11.8 Å². The van der Waals surface area contributed by atoms with Gasteiger partial charge in [0.2, 0.25) is 0 Å². The molecule has 0 aliphatic rings. The lowest BCUT2D eigenvalue weighted by Gasteiger charge is -2.16. The first-order chi connectivity index (χ1) is 14.3. The molecule has 0 saturated carbocycles. The van der Waals surface area contributed by atoms with Crippen molar-refractivity contribution in [1.29, 1.82) is 0 Å². The van der Waals surface area contributed by atoms with Gasteiger partial charge in [-0.2, -0.15) is 0 Å². The zero-order valence-corrected chi connectivity index (χ0v) is 19.1. The summed E-state index contributed by atoms with van der Waals surface area (Å²) in [5.74, 6) is 11.7. The first-order valence-electron chi connectivity index (χ1n) is 10.8. The van der Waals surface area contributed by atoms with Gasteiger partial charge in [-0.25, -0.2) is 9.59 Å². The molecule has 1 rings (SSSR count). The second-order valence-corrected chi connectivity index (χ2v) is 7.98. The second-order valence-electron chi connectivity index (χ2n) is 7.98. The predicted octanol–water partition coefficient (Wildman–Crippen LogP) is 5.66. The van der Waals surface area contributed by atoms with Gasteiger partial charge in [0.1, 0.15) is 0 Å². The van der Waals surface area contributed by atoms with Crippen LogP contribution in [0.2, 0.25) is 0 Å². The van der Waals surface area contributed by atoms with Crippen LogP contribution < -0.4 is 0 Å². The summed E-state index contributed by atoms with van der Waals surface area (Å²) in [7, 11) is 0. The number of rotatable bonds is 8. The van der Waals surface area contributed by atoms with E-state index in [0.717, 1.165) is 0 Å². The number of hydrogen-bond donors (Lipinski definition) is 0. The zero-order chi connectivity index (χ0) is 22.5. The molecule has 0 amide bonds. The maximum absolute atomic E-state index is 12.6. The molecule has 0 spiro atoms. The van der Waals surface area contributed by atoms with E-state index in [1.807, 2.05) is 13.8 Å². The SMILES string of the molecule is CCC#CC(CC(C)C)OC(=O)c1cccc(C(=O)OC(C#CCC)CC(C)C)c1. The largest absolute Gasteiger partial charge is 0.446 e. The Morgan fingerprint density at radius 1 is 0.800 bits per heavy atom. The van der Waals surface area contributed by atoms with Crippen molar-refractivity contribution in [3.8, 4) is 23.7 Å². The van der Waals surface area contributed by atoms with Gasteiger partial charge in [-0.1, -0.05) is 71.3 Å². The number of carbonyl (C=O) groups is 2. The molecule has 2 atom stereocenters. The number of hydrogen-bond acceptors (Lipinski definition) is 4. The zero-order valence-electron chi connectivity index (χ0n) is 19.1. The molecule has 0 fully saturated rings. The van der Waals surface area contributed by atoms with Crippen molar-refractivity contribution in [2.45, 2.75) is 79.4 Å². The van der Waals surface area contributed by atoms with Crippen LogP contribution in [0.5, 0.6) is 0 Å². The van der Waals surface area contributed by atoms with E-state index < -0.39 is 24.1 Å². The van der Waals surface area contributed by atoms with Gasteiger partial charge in [-0.3, -0.25) is 0 Å². The van der Waals surface area contributed by atoms with Crippen LogP contribution in [-0.4, -0.2) is 24.1 Å². The summed E-state index contributed by atoms with van der Waals surface area (Å²) in [6.45, 7) is 12.1. The molecule has 0 N–H and O–H groups in total. The van der Waals surface area contributed by atoms with Crippen LogP contribution in [0.25, 0.3) is 0 Å². The minimum Gasteiger partial charge on any atom is -0.446 e. The highest BCUT2D eigenvalue weighted by Gasteiger charge is 2.19. The average molecular weight is 411 g/mol. The average Bonchev–Trinajstić information content (AvgIpc) is 2.69. The number of carbonyl (C=O) groups excluding carboxylic acids is 2. The normalized spacial score (nSPS) is 12.3. The molecule has 0 bridgehead atoms. The molecular formula is C26H34O4. The highest BCUT2D eigenvalue weighted by Crippen LogP contribution is 2.15. The van der Waals surface area contributed by atoms with E-state index in [1.54, 1.807) is 18.2 Å². The van der Waals surface area contributed by atoms with Gasteiger partial charge in [0.15, 0.2) is 12.2 Å². The van der Waals surface area contributed by atoms with Crippen LogP contribution in [0, 0.1) is 35.5 Å². The van der Waals surface area contributed by atoms with E-state index >= 15 is 0 Å². The van der Waals surface area contributed by atoms with Gasteiger partial charge >= 0.3 is 11.9 Å². The standard InChI is InChI=1S/C26H34O4/c1-7-9-14-23(16-19(3)4)29-25(27)21-12-11-13-22(18-21)26(28)30-24(15-10-8-2)17-20(5)6/h11-13,18-20,23-24H,7-8,16-17H2,1-6H3. The molecule has 4 heteroatoms. The monoisotopic (exact) mass is 410 g/mol. The molecule has 30 heavy (non-hydrogen) atoms. The van der Waals surface area contributed by atoms with Crippen LogP contribution in [-0.2, 0) is 9.47 Å². The fourth-order valence-electron chi connectivity index (χ4n) is 2.73. The predicted molar refractivity (Wildman–Crippen MR) is 120 cm³/mol. The Balaban J connectivity index is 2.94. The summed E-state index contributed by atoms with van der Waals surface area (Å²) in [4.78, 5) is 25.2. The Kier molecular flexibility index (Phi) is 11.4. The van der Waals surface area contributed by atoms with E-state index in [1.165, 1.54) is 6.07 Å². The molecule has 1 aromatic rings. The molecule has 1 aromatic carbocycles. The summed E-state index contributed by atoms with van der Waals surface area (Å²) in [5.41, 5.74) is 0.605. The van der Waals surface area contributed by atoms with E-state index in [-0.39, 0.29) is 0 Å². The molecule has 0 radical (unpaired) electrons. The number of benzene rings is 1. The Labute approximate surface area is 181 Å². The Hall–Kier alpha value is -2.72. The van der Waals surface area contributed by atoms with Crippen LogP contribution in [0.3, 0.4) is 0 Å². The van der Waals surface area contributed by atoms with Gasteiger partial charge in [0.05, 0.1) is 11.1 Å². The minimum atomic E-state index is -0.495. The molecular weight excluding hydrogens is 376 g/mol. The third-order valence-electron chi connectivity index (χ3n) is 4.08. The van der Waals surface area contributed by atoms with Crippen molar-refractivity contribution < 1.29 is 19.1 Å². The van der Waals surface area contributed by atoms with Gasteiger partial charge < -0.3 is 9.47 Å². The molecule has 0 aliphatic carbocycles. The molecule has 0 aliphatic heterocycles. The van der Waals surface area contributed by atoms with Gasteiger partial charge in [0, 0.05) is 12.8 Å². The topological polar surface area (TPSA) is 52.6 Å². The molecule has 0 aromatic heterocycles. The Bertz CT molecular complexity index is 749. The van der Waals surface area contributed by atoms with Crippen molar-refractivity contribution >= 4 is 11.9 Å². The molecule has 2 unspecified atom stereocenters. The lowest BCUT2D eigenvalue weighted by Crippen LogP contribution is -2.20. The second kappa shape index (κ2) is 13.5. The highest BCUT2D eigenvalue weighted by atomic mass is 16.5. The van der Waals surface area contributed by atoms with Crippen LogP contribution in [0.1, 0.15) is 87.9 Å². The lowest BCUT2D eigenvalue weighted by molar-refractivity contribution is 0.0376. The van der Waals surface area contributed by atoms with E-state index in [9.17, 15) is 9.59 Å². The summed E-state index contributed by atoms with van der Waals surface area (Å²) >= 11 is 0. The van der Waals surface area contributed by atoms with Gasteiger partial charge in [-0.05, 0) is 42.9 Å². The van der Waals surface area contributed by atoms with Gasteiger partial charge in [0.25, 0.3) is 0 Å². The van der Waals surface area contributed by atoms with Crippen LogP contribution >= 0.6 is 0 Å². The Morgan fingerprint density at radius 2 is 1.20 bits per heavy atom. The van der Waals surface area contributed by atoms with Crippen molar-refractivity contribution in [3.63, 3.8) is 0 Å². The summed E-state index contributed by atoms with van der Waals surface area (Å²) in [5, 5.41) is 0. The first kappa shape index (κ1) is 25.3. The van der Waals surface area contributed by atoms with Crippen molar-refractivity contribution in [1.82, 2.24) is 0 Å². The third-order valence-corrected chi connectivity index (χ3v) is 4.08. The van der Waals surface area contributed by atoms with E-state index in [0.29, 0.717) is 48.6 Å². The summed E-state index contributed by atoms with van der Waals surface area (Å²) in [6.07, 6.45) is 1.79. The third kappa shape index (κ3) is 9.66. The Morgan fingerprint density at radius 3 is 1.53 bits per heavy atom. The molecule has 0 saturated heterocycles. The number of esters is 2. The smallest absolute Gasteiger partial charge is 0.339 e. The van der Waals surface area contributed by atoms with E-state index in [2.05, 4.69) is 51.4 Å². The van der Waals surface area contributed by atoms with Crippen molar-refractivity contribution in [3.05, 3.63) is 35.4 Å². The minimum absolute atomic E-state index is 0.302. The van der Waals surface area contributed by atoms with Crippen LogP contribution in [0.4, 0.5) is 0 Å². The van der Waals surface area contributed by atoms with Gasteiger partial charge in [-0.15, -0.1) is 0 Å². The first-order valence-corrected chi connectivity index (χ1v) is 10.8. The maximum atomic E-state index is 12.6. The quantitative estimate of drug-likeness (QED) is 0.410. The molecule has 162 valence electrons. The lowest BCUT2D eigenvalue weighted by atomic mass is 10.1. The maximum Gasteiger partial charge on any atom is 0.339 e.